The van der Waals surface area contributed by atoms with Crippen LogP contribution in [-0.4, -0.2) is 16.5 Å². The Morgan fingerprint density at radius 3 is 2.85 bits per heavy atom. The van der Waals surface area contributed by atoms with Gasteiger partial charge in [0.05, 0.1) is 17.3 Å². The second kappa shape index (κ2) is 4.21. The first-order valence-corrected chi connectivity index (χ1v) is 7.05. The van der Waals surface area contributed by atoms with E-state index in [4.69, 9.17) is 10.2 Å². The molecule has 1 aliphatic rings. The van der Waals surface area contributed by atoms with Crippen LogP contribution in [0, 0.1) is 0 Å². The Morgan fingerprint density at radius 2 is 2.20 bits per heavy atom. The molecule has 2 aromatic heterocycles. The first kappa shape index (κ1) is 11.7. The first-order chi connectivity index (χ1) is 9.81. The van der Waals surface area contributed by atoms with E-state index in [1.54, 1.807) is 6.26 Å². The molecule has 4 nitrogen and oxygen atoms in total. The first-order valence-electron chi connectivity index (χ1n) is 7.05. The van der Waals surface area contributed by atoms with Crippen molar-refractivity contribution in [3.8, 4) is 11.6 Å². The number of rotatable bonds is 3. The van der Waals surface area contributed by atoms with Crippen molar-refractivity contribution in [2.24, 2.45) is 5.73 Å². The highest BCUT2D eigenvalue weighted by Crippen LogP contribution is 2.43. The normalized spacial score (nSPS) is 17.2. The van der Waals surface area contributed by atoms with Gasteiger partial charge in [0.15, 0.2) is 11.6 Å². The molecule has 0 atom stereocenters. The van der Waals surface area contributed by atoms with Gasteiger partial charge in [0.25, 0.3) is 0 Å². The summed E-state index contributed by atoms with van der Waals surface area (Å²) in [6.45, 7) is 0.720. The van der Waals surface area contributed by atoms with Crippen LogP contribution in [-0.2, 0) is 5.41 Å². The Labute approximate surface area is 117 Å². The molecule has 0 bridgehead atoms. The van der Waals surface area contributed by atoms with E-state index in [2.05, 4.69) is 28.2 Å². The maximum Gasteiger partial charge on any atom is 0.174 e. The van der Waals surface area contributed by atoms with Crippen LogP contribution < -0.4 is 5.73 Å². The minimum absolute atomic E-state index is 0.185. The molecule has 0 saturated heterocycles. The molecule has 1 saturated carbocycles. The van der Waals surface area contributed by atoms with Crippen molar-refractivity contribution in [3.05, 3.63) is 42.2 Å². The Hall–Kier alpha value is -2.07. The van der Waals surface area contributed by atoms with Crippen LogP contribution in [0.2, 0.25) is 0 Å². The standard InChI is InChI=1S/C16H17N3O/c17-10-16(6-2-7-16)11-4-5-12-13(9-11)19-15(18-12)14-3-1-8-20-14/h1,3-5,8-9H,2,6-7,10,17H2,(H,18,19). The zero-order valence-corrected chi connectivity index (χ0v) is 11.2. The summed E-state index contributed by atoms with van der Waals surface area (Å²) in [5.74, 6) is 1.54. The van der Waals surface area contributed by atoms with E-state index in [0.717, 1.165) is 29.2 Å². The van der Waals surface area contributed by atoms with E-state index >= 15 is 0 Å². The largest absolute Gasteiger partial charge is 0.461 e. The van der Waals surface area contributed by atoms with Gasteiger partial charge < -0.3 is 15.1 Å². The SMILES string of the molecule is NCC1(c2ccc3nc(-c4ccco4)[nH]c3c2)CCC1. The van der Waals surface area contributed by atoms with E-state index in [1.165, 1.54) is 24.8 Å². The lowest BCUT2D eigenvalue weighted by molar-refractivity contribution is 0.253. The van der Waals surface area contributed by atoms with Crippen LogP contribution in [0.3, 0.4) is 0 Å². The summed E-state index contributed by atoms with van der Waals surface area (Å²) in [6.07, 6.45) is 5.31. The Morgan fingerprint density at radius 1 is 1.30 bits per heavy atom. The van der Waals surface area contributed by atoms with Gasteiger partial charge in [-0.2, -0.15) is 0 Å². The summed E-state index contributed by atoms with van der Waals surface area (Å²) < 4.78 is 5.39. The molecule has 102 valence electrons. The summed E-state index contributed by atoms with van der Waals surface area (Å²) in [7, 11) is 0. The highest BCUT2D eigenvalue weighted by atomic mass is 16.3. The zero-order chi connectivity index (χ0) is 13.6. The maximum absolute atomic E-state index is 5.99. The quantitative estimate of drug-likeness (QED) is 0.765. The molecule has 0 aliphatic heterocycles. The molecule has 1 fully saturated rings. The Balaban J connectivity index is 1.80. The molecule has 4 rings (SSSR count). The second-order valence-electron chi connectivity index (χ2n) is 5.63. The molecular formula is C16H17N3O. The molecule has 2 heterocycles. The minimum Gasteiger partial charge on any atom is -0.461 e. The fourth-order valence-electron chi connectivity index (χ4n) is 3.08. The molecule has 0 unspecified atom stereocenters. The van der Waals surface area contributed by atoms with Crippen LogP contribution in [0.5, 0.6) is 0 Å². The number of nitrogens with zero attached hydrogens (tertiary/aromatic N) is 1. The maximum atomic E-state index is 5.99. The van der Waals surface area contributed by atoms with Gasteiger partial charge in [-0.3, -0.25) is 0 Å². The minimum atomic E-state index is 0.185. The molecule has 4 heteroatoms. The van der Waals surface area contributed by atoms with Crippen molar-refractivity contribution in [1.82, 2.24) is 9.97 Å². The average molecular weight is 267 g/mol. The van der Waals surface area contributed by atoms with Gasteiger partial charge in [-0.25, -0.2) is 4.98 Å². The number of furan rings is 1. The van der Waals surface area contributed by atoms with Gasteiger partial charge in [-0.05, 0) is 42.7 Å². The number of hydrogen-bond donors (Lipinski definition) is 2. The third-order valence-corrected chi connectivity index (χ3v) is 4.55. The van der Waals surface area contributed by atoms with Crippen LogP contribution in [0.1, 0.15) is 24.8 Å². The second-order valence-corrected chi connectivity index (χ2v) is 5.63. The van der Waals surface area contributed by atoms with Crippen LogP contribution in [0.4, 0.5) is 0 Å². The molecule has 0 radical (unpaired) electrons. The molecule has 20 heavy (non-hydrogen) atoms. The Bertz CT molecular complexity index is 733. The topological polar surface area (TPSA) is 67.8 Å². The van der Waals surface area contributed by atoms with Crippen molar-refractivity contribution in [2.45, 2.75) is 24.7 Å². The number of aromatic amines is 1. The smallest absolute Gasteiger partial charge is 0.174 e. The van der Waals surface area contributed by atoms with E-state index < -0.39 is 0 Å². The predicted molar refractivity (Wildman–Crippen MR) is 78.4 cm³/mol. The van der Waals surface area contributed by atoms with Crippen molar-refractivity contribution in [3.63, 3.8) is 0 Å². The summed E-state index contributed by atoms with van der Waals surface area (Å²) >= 11 is 0. The molecule has 3 N–H and O–H groups in total. The zero-order valence-electron chi connectivity index (χ0n) is 11.2. The molecule has 0 amide bonds. The lowest BCUT2D eigenvalue weighted by Crippen LogP contribution is -2.41. The van der Waals surface area contributed by atoms with E-state index in [9.17, 15) is 0 Å². The summed E-state index contributed by atoms with van der Waals surface area (Å²) in [6, 6.07) is 10.2. The lowest BCUT2D eigenvalue weighted by atomic mass is 9.64. The third-order valence-electron chi connectivity index (χ3n) is 4.55. The van der Waals surface area contributed by atoms with Gasteiger partial charge in [0.1, 0.15) is 0 Å². The van der Waals surface area contributed by atoms with Gasteiger partial charge in [0.2, 0.25) is 0 Å². The average Bonchev–Trinajstić information content (AvgIpc) is 3.06. The molecule has 1 aromatic carbocycles. The van der Waals surface area contributed by atoms with E-state index in [-0.39, 0.29) is 5.41 Å². The molecule has 0 spiro atoms. The third kappa shape index (κ3) is 1.61. The summed E-state index contributed by atoms with van der Waals surface area (Å²) in [4.78, 5) is 7.90. The molecule has 1 aliphatic carbocycles. The molecule has 3 aromatic rings. The van der Waals surface area contributed by atoms with Gasteiger partial charge in [-0.1, -0.05) is 12.5 Å². The van der Waals surface area contributed by atoms with Crippen molar-refractivity contribution < 1.29 is 4.42 Å². The predicted octanol–water partition coefficient (Wildman–Crippen LogP) is 3.20. The summed E-state index contributed by atoms with van der Waals surface area (Å²) in [5, 5.41) is 0. The number of nitrogens with one attached hydrogen (secondary N) is 1. The van der Waals surface area contributed by atoms with Crippen LogP contribution in [0.15, 0.2) is 41.0 Å². The van der Waals surface area contributed by atoms with Crippen molar-refractivity contribution >= 4 is 11.0 Å². The highest BCUT2D eigenvalue weighted by Gasteiger charge is 2.37. The van der Waals surface area contributed by atoms with Crippen LogP contribution >= 0.6 is 0 Å². The molecular weight excluding hydrogens is 250 g/mol. The van der Waals surface area contributed by atoms with E-state index in [0.29, 0.717) is 0 Å². The number of H-pyrrole nitrogens is 1. The Kier molecular flexibility index (Phi) is 2.47. The summed E-state index contributed by atoms with van der Waals surface area (Å²) in [5.41, 5.74) is 9.51. The van der Waals surface area contributed by atoms with Crippen molar-refractivity contribution in [2.75, 3.05) is 6.54 Å². The fraction of sp³-hybridized carbons (Fsp3) is 0.312. The number of aromatic nitrogens is 2. The van der Waals surface area contributed by atoms with Crippen molar-refractivity contribution in [1.29, 1.82) is 0 Å². The number of hydrogen-bond acceptors (Lipinski definition) is 3. The van der Waals surface area contributed by atoms with Crippen LogP contribution in [0.25, 0.3) is 22.6 Å². The number of imidazole rings is 1. The highest BCUT2D eigenvalue weighted by molar-refractivity contribution is 5.79. The fourth-order valence-corrected chi connectivity index (χ4v) is 3.08. The number of benzene rings is 1. The van der Waals surface area contributed by atoms with Gasteiger partial charge >= 0.3 is 0 Å². The number of fused-ring (bicyclic) bond motifs is 1. The van der Waals surface area contributed by atoms with Gasteiger partial charge in [-0.15, -0.1) is 0 Å². The van der Waals surface area contributed by atoms with Gasteiger partial charge in [0, 0.05) is 12.0 Å². The number of nitrogens with two attached hydrogens (primary N) is 1. The monoisotopic (exact) mass is 267 g/mol. The van der Waals surface area contributed by atoms with E-state index in [1.807, 2.05) is 12.1 Å². The lowest BCUT2D eigenvalue weighted by Gasteiger charge is -2.41.